The molecule has 0 saturated heterocycles. The normalized spacial score (nSPS) is 10.7. The lowest BCUT2D eigenvalue weighted by molar-refractivity contribution is 0.102. The Morgan fingerprint density at radius 2 is 1.92 bits per heavy atom. The molecule has 0 bridgehead atoms. The predicted molar refractivity (Wildman–Crippen MR) is 95.8 cm³/mol. The molecule has 1 N–H and O–H groups in total. The smallest absolute Gasteiger partial charge is 0.257 e. The van der Waals surface area contributed by atoms with Crippen molar-refractivity contribution in [1.82, 2.24) is 4.98 Å². The van der Waals surface area contributed by atoms with Crippen molar-refractivity contribution in [2.75, 3.05) is 5.32 Å². The summed E-state index contributed by atoms with van der Waals surface area (Å²) < 4.78 is 5.62. The molecule has 1 heterocycles. The van der Waals surface area contributed by atoms with Crippen LogP contribution in [0.1, 0.15) is 21.8 Å². The summed E-state index contributed by atoms with van der Waals surface area (Å²) in [4.78, 5) is 16.8. The molecule has 0 radical (unpaired) electrons. The van der Waals surface area contributed by atoms with E-state index in [1.807, 2.05) is 26.0 Å². The number of rotatable bonds is 3. The first-order chi connectivity index (χ1) is 11.4. The fraction of sp³-hybridized carbons (Fsp3) is 0.111. The third-order valence-electron chi connectivity index (χ3n) is 3.57. The molecule has 0 spiro atoms. The summed E-state index contributed by atoms with van der Waals surface area (Å²) in [5.74, 6) is 0.950. The Morgan fingerprint density at radius 1 is 1.12 bits per heavy atom. The molecule has 0 aliphatic heterocycles. The summed E-state index contributed by atoms with van der Waals surface area (Å²) in [6.45, 7) is 3.74. The maximum atomic E-state index is 12.4. The van der Waals surface area contributed by atoms with Crippen molar-refractivity contribution in [3.63, 3.8) is 0 Å². The van der Waals surface area contributed by atoms with Gasteiger partial charge in [-0.25, -0.2) is 4.98 Å². The van der Waals surface area contributed by atoms with Gasteiger partial charge < -0.3 is 9.73 Å². The number of nitrogens with one attached hydrogen (secondary N) is 1. The average molecular weight is 361 g/mol. The number of oxazole rings is 1. The Morgan fingerprint density at radius 3 is 2.62 bits per heavy atom. The highest BCUT2D eigenvalue weighted by Crippen LogP contribution is 2.25. The molecule has 2 aromatic carbocycles. The second-order valence-corrected chi connectivity index (χ2v) is 6.16. The minimum absolute atomic E-state index is 0.317. The van der Waals surface area contributed by atoms with Gasteiger partial charge in [0.1, 0.15) is 5.76 Å². The summed E-state index contributed by atoms with van der Waals surface area (Å²) in [6, 6.07) is 12.0. The summed E-state index contributed by atoms with van der Waals surface area (Å²) >= 11 is 12.0. The van der Waals surface area contributed by atoms with Gasteiger partial charge in [-0.15, -0.1) is 0 Å². The number of amides is 1. The first-order valence-corrected chi connectivity index (χ1v) is 8.00. The van der Waals surface area contributed by atoms with Crippen molar-refractivity contribution in [2.45, 2.75) is 13.8 Å². The highest BCUT2D eigenvalue weighted by Gasteiger charge is 2.13. The number of nitrogens with zero attached hydrogens (tertiary/aromatic N) is 1. The third kappa shape index (κ3) is 3.45. The van der Waals surface area contributed by atoms with E-state index in [-0.39, 0.29) is 5.91 Å². The van der Waals surface area contributed by atoms with Crippen LogP contribution in [0.5, 0.6) is 0 Å². The van der Waals surface area contributed by atoms with Crippen LogP contribution in [0.25, 0.3) is 11.5 Å². The molecule has 0 atom stereocenters. The van der Waals surface area contributed by atoms with E-state index in [4.69, 9.17) is 27.6 Å². The predicted octanol–water partition coefficient (Wildman–Crippen LogP) is 5.52. The first-order valence-electron chi connectivity index (χ1n) is 7.25. The molecular formula is C18H14Cl2N2O2. The van der Waals surface area contributed by atoms with Gasteiger partial charge in [0, 0.05) is 16.3 Å². The fourth-order valence-corrected chi connectivity index (χ4v) is 2.57. The summed E-state index contributed by atoms with van der Waals surface area (Å²) in [7, 11) is 0. The fourth-order valence-electron chi connectivity index (χ4n) is 2.20. The van der Waals surface area contributed by atoms with Crippen LogP contribution < -0.4 is 5.32 Å². The maximum Gasteiger partial charge on any atom is 0.257 e. The number of anilines is 1. The number of aryl methyl sites for hydroxylation is 2. The van der Waals surface area contributed by atoms with Crippen LogP contribution in [0.4, 0.5) is 5.69 Å². The largest absolute Gasteiger partial charge is 0.441 e. The van der Waals surface area contributed by atoms with Crippen LogP contribution in [0, 0.1) is 13.8 Å². The Kier molecular flexibility index (Phi) is 4.60. The van der Waals surface area contributed by atoms with E-state index in [9.17, 15) is 4.79 Å². The number of carbonyl (C=O) groups is 1. The highest BCUT2D eigenvalue weighted by molar-refractivity contribution is 6.36. The van der Waals surface area contributed by atoms with Gasteiger partial charge in [-0.2, -0.15) is 0 Å². The molecule has 3 rings (SSSR count). The number of hydrogen-bond acceptors (Lipinski definition) is 3. The molecule has 122 valence electrons. The van der Waals surface area contributed by atoms with Crippen LogP contribution in [0.15, 0.2) is 46.9 Å². The third-order valence-corrected chi connectivity index (χ3v) is 4.13. The SMILES string of the molecule is Cc1nc(-c2cccc(NC(=O)c3cc(Cl)ccc3Cl)c2)oc1C. The second kappa shape index (κ2) is 6.67. The van der Waals surface area contributed by atoms with Crippen molar-refractivity contribution in [3.8, 4) is 11.5 Å². The molecule has 1 amide bonds. The van der Waals surface area contributed by atoms with Gasteiger partial charge in [-0.3, -0.25) is 4.79 Å². The standard InChI is InChI=1S/C18H14Cl2N2O2/c1-10-11(2)24-18(21-10)12-4-3-5-14(8-12)22-17(23)15-9-13(19)6-7-16(15)20/h3-9H,1-2H3,(H,22,23). The molecule has 0 unspecified atom stereocenters. The quantitative estimate of drug-likeness (QED) is 0.669. The number of carbonyl (C=O) groups excluding carboxylic acids is 1. The van der Waals surface area contributed by atoms with Crippen LogP contribution in [0.3, 0.4) is 0 Å². The Hall–Kier alpha value is -2.30. The van der Waals surface area contributed by atoms with Crippen LogP contribution in [0.2, 0.25) is 10.0 Å². The lowest BCUT2D eigenvalue weighted by Crippen LogP contribution is -2.12. The topological polar surface area (TPSA) is 55.1 Å². The molecule has 3 aromatic rings. The first kappa shape index (κ1) is 16.6. The van der Waals surface area contributed by atoms with E-state index in [2.05, 4.69) is 10.3 Å². The number of aromatic nitrogens is 1. The van der Waals surface area contributed by atoms with Gasteiger partial charge in [0.25, 0.3) is 5.91 Å². The molecular weight excluding hydrogens is 347 g/mol. The molecule has 0 fully saturated rings. The number of hydrogen-bond donors (Lipinski definition) is 1. The molecule has 0 saturated carbocycles. The summed E-state index contributed by atoms with van der Waals surface area (Å²) in [5, 5.41) is 3.59. The van der Waals surface area contributed by atoms with E-state index >= 15 is 0 Å². The zero-order valence-corrected chi connectivity index (χ0v) is 14.6. The monoisotopic (exact) mass is 360 g/mol. The molecule has 0 aliphatic rings. The Balaban J connectivity index is 1.87. The van der Waals surface area contributed by atoms with Crippen molar-refractivity contribution in [2.24, 2.45) is 0 Å². The summed E-state index contributed by atoms with van der Waals surface area (Å²) in [6.07, 6.45) is 0. The van der Waals surface area contributed by atoms with Gasteiger partial charge in [-0.05, 0) is 50.2 Å². The van der Waals surface area contributed by atoms with Gasteiger partial charge in [0.15, 0.2) is 0 Å². The van der Waals surface area contributed by atoms with Crippen molar-refractivity contribution in [1.29, 1.82) is 0 Å². The van der Waals surface area contributed by atoms with E-state index in [0.717, 1.165) is 17.0 Å². The van der Waals surface area contributed by atoms with Crippen molar-refractivity contribution >= 4 is 34.8 Å². The van der Waals surface area contributed by atoms with Crippen molar-refractivity contribution in [3.05, 3.63) is 69.5 Å². The zero-order valence-electron chi connectivity index (χ0n) is 13.1. The minimum Gasteiger partial charge on any atom is -0.441 e. The van der Waals surface area contributed by atoms with Crippen LogP contribution in [-0.2, 0) is 0 Å². The molecule has 6 heteroatoms. The van der Waals surface area contributed by atoms with Gasteiger partial charge in [0.2, 0.25) is 5.89 Å². The van der Waals surface area contributed by atoms with E-state index in [1.54, 1.807) is 24.3 Å². The van der Waals surface area contributed by atoms with Crippen LogP contribution in [-0.4, -0.2) is 10.9 Å². The summed E-state index contributed by atoms with van der Waals surface area (Å²) in [5.41, 5.74) is 2.55. The molecule has 0 aliphatic carbocycles. The molecule has 1 aromatic heterocycles. The number of halogens is 2. The second-order valence-electron chi connectivity index (χ2n) is 5.32. The Bertz CT molecular complexity index is 900. The maximum absolute atomic E-state index is 12.4. The van der Waals surface area contributed by atoms with E-state index < -0.39 is 0 Å². The van der Waals surface area contributed by atoms with Gasteiger partial charge in [0.05, 0.1) is 16.3 Å². The van der Waals surface area contributed by atoms with Gasteiger partial charge in [-0.1, -0.05) is 29.3 Å². The average Bonchev–Trinajstić information content (AvgIpc) is 2.89. The lowest BCUT2D eigenvalue weighted by atomic mass is 10.1. The zero-order chi connectivity index (χ0) is 17.3. The molecule has 4 nitrogen and oxygen atoms in total. The Labute approximate surface area is 149 Å². The lowest BCUT2D eigenvalue weighted by Gasteiger charge is -2.08. The van der Waals surface area contributed by atoms with Crippen LogP contribution >= 0.6 is 23.2 Å². The van der Waals surface area contributed by atoms with Gasteiger partial charge >= 0.3 is 0 Å². The van der Waals surface area contributed by atoms with E-state index in [1.165, 1.54) is 6.07 Å². The number of benzene rings is 2. The van der Waals surface area contributed by atoms with E-state index in [0.29, 0.717) is 27.2 Å². The van der Waals surface area contributed by atoms with Crippen molar-refractivity contribution < 1.29 is 9.21 Å². The molecule has 24 heavy (non-hydrogen) atoms. The highest BCUT2D eigenvalue weighted by atomic mass is 35.5. The minimum atomic E-state index is -0.334.